The highest BCUT2D eigenvalue weighted by atomic mass is 14.3. The van der Waals surface area contributed by atoms with Crippen molar-refractivity contribution < 1.29 is 0 Å². The molecule has 1 atom stereocenters. The highest BCUT2D eigenvalue weighted by molar-refractivity contribution is 5.31. The van der Waals surface area contributed by atoms with Gasteiger partial charge in [-0.25, -0.2) is 0 Å². The van der Waals surface area contributed by atoms with E-state index in [4.69, 9.17) is 5.26 Å². The predicted molar refractivity (Wildman–Crippen MR) is 59.0 cm³/mol. The lowest BCUT2D eigenvalue weighted by Crippen LogP contribution is -2.02. The summed E-state index contributed by atoms with van der Waals surface area (Å²) in [6.45, 7) is 6.27. The molecule has 1 unspecified atom stereocenters. The van der Waals surface area contributed by atoms with E-state index in [1.807, 2.05) is 0 Å². The van der Waals surface area contributed by atoms with Gasteiger partial charge in [-0.1, -0.05) is 30.7 Å². The third-order valence-electron chi connectivity index (χ3n) is 2.65. The molecule has 1 aromatic rings. The number of hydrogen-bond acceptors (Lipinski definition) is 1. The lowest BCUT2D eigenvalue weighted by molar-refractivity contribution is 0.636. The van der Waals surface area contributed by atoms with Crippen molar-refractivity contribution in [3.05, 3.63) is 34.9 Å². The molecule has 14 heavy (non-hydrogen) atoms. The van der Waals surface area contributed by atoms with Crippen molar-refractivity contribution in [2.45, 2.75) is 33.6 Å². The van der Waals surface area contributed by atoms with Crippen LogP contribution in [0.4, 0.5) is 0 Å². The van der Waals surface area contributed by atoms with Crippen LogP contribution in [-0.2, 0) is 6.42 Å². The molecule has 1 heteroatoms. The molecule has 0 aromatic heterocycles. The smallest absolute Gasteiger partial charge is 0.0659 e. The molecule has 1 aromatic carbocycles. The summed E-state index contributed by atoms with van der Waals surface area (Å²) in [6.07, 6.45) is 1.82. The average molecular weight is 187 g/mol. The number of rotatable bonds is 3. The second-order valence-corrected chi connectivity index (χ2v) is 3.87. The largest absolute Gasteiger partial charge is 0.198 e. The van der Waals surface area contributed by atoms with Crippen molar-refractivity contribution in [1.29, 1.82) is 5.26 Å². The number of aryl methyl sites for hydroxylation is 2. The van der Waals surface area contributed by atoms with E-state index < -0.39 is 0 Å². The molecule has 0 spiro atoms. The van der Waals surface area contributed by atoms with E-state index in [1.165, 1.54) is 16.7 Å². The zero-order valence-corrected chi connectivity index (χ0v) is 9.17. The number of benzene rings is 1. The van der Waals surface area contributed by atoms with Crippen LogP contribution in [0, 0.1) is 31.1 Å². The fourth-order valence-corrected chi connectivity index (χ4v) is 1.57. The Morgan fingerprint density at radius 1 is 1.36 bits per heavy atom. The van der Waals surface area contributed by atoms with Gasteiger partial charge in [0.05, 0.1) is 12.0 Å². The van der Waals surface area contributed by atoms with Crippen molar-refractivity contribution >= 4 is 0 Å². The van der Waals surface area contributed by atoms with Gasteiger partial charge in [0, 0.05) is 0 Å². The first-order chi connectivity index (χ1) is 6.67. The minimum atomic E-state index is 0.162. The summed E-state index contributed by atoms with van der Waals surface area (Å²) in [5, 5.41) is 8.90. The molecule has 0 bridgehead atoms. The standard InChI is InChI=1S/C13H17N/c1-4-12(9-14)8-13-7-10(2)5-6-11(13)3/h5-7,12H,4,8H2,1-3H3. The van der Waals surface area contributed by atoms with Gasteiger partial charge >= 0.3 is 0 Å². The van der Waals surface area contributed by atoms with Crippen molar-refractivity contribution in [1.82, 2.24) is 0 Å². The number of hydrogen-bond donors (Lipinski definition) is 0. The molecule has 0 N–H and O–H groups in total. The summed E-state index contributed by atoms with van der Waals surface area (Å²) in [6, 6.07) is 8.79. The van der Waals surface area contributed by atoms with E-state index in [0.717, 1.165) is 12.8 Å². The van der Waals surface area contributed by atoms with Crippen LogP contribution >= 0.6 is 0 Å². The molecule has 0 aliphatic heterocycles. The van der Waals surface area contributed by atoms with Gasteiger partial charge in [-0.15, -0.1) is 0 Å². The van der Waals surface area contributed by atoms with Crippen LogP contribution in [0.25, 0.3) is 0 Å². The van der Waals surface area contributed by atoms with E-state index >= 15 is 0 Å². The van der Waals surface area contributed by atoms with Gasteiger partial charge < -0.3 is 0 Å². The Hall–Kier alpha value is -1.29. The molecular weight excluding hydrogens is 170 g/mol. The Morgan fingerprint density at radius 2 is 2.07 bits per heavy atom. The molecule has 0 aliphatic carbocycles. The first kappa shape index (κ1) is 10.8. The monoisotopic (exact) mass is 187 g/mol. The number of nitriles is 1. The Kier molecular flexibility index (Phi) is 3.71. The molecule has 0 heterocycles. The summed E-state index contributed by atoms with van der Waals surface area (Å²) in [5.41, 5.74) is 3.89. The van der Waals surface area contributed by atoms with Gasteiger partial charge in [-0.2, -0.15) is 5.26 Å². The predicted octanol–water partition coefficient (Wildman–Crippen LogP) is 3.40. The normalized spacial score (nSPS) is 12.1. The maximum absolute atomic E-state index is 8.90. The molecule has 1 rings (SSSR count). The van der Waals surface area contributed by atoms with Crippen LogP contribution in [0.5, 0.6) is 0 Å². The summed E-state index contributed by atoms with van der Waals surface area (Å²) in [7, 11) is 0. The second-order valence-electron chi connectivity index (χ2n) is 3.87. The van der Waals surface area contributed by atoms with Gasteiger partial charge in [0.25, 0.3) is 0 Å². The van der Waals surface area contributed by atoms with Crippen molar-refractivity contribution in [3.8, 4) is 6.07 Å². The van der Waals surface area contributed by atoms with Gasteiger partial charge in [0.2, 0.25) is 0 Å². The molecule has 0 amide bonds. The third kappa shape index (κ3) is 2.60. The minimum absolute atomic E-state index is 0.162. The Labute approximate surface area is 86.4 Å². The maximum Gasteiger partial charge on any atom is 0.0659 e. The van der Waals surface area contributed by atoms with Crippen LogP contribution in [0.3, 0.4) is 0 Å². The maximum atomic E-state index is 8.90. The fraction of sp³-hybridized carbons (Fsp3) is 0.462. The highest BCUT2D eigenvalue weighted by Gasteiger charge is 2.07. The topological polar surface area (TPSA) is 23.8 Å². The van der Waals surface area contributed by atoms with Crippen LogP contribution in [0.2, 0.25) is 0 Å². The molecule has 0 saturated heterocycles. The lowest BCUT2D eigenvalue weighted by Gasteiger charge is -2.09. The minimum Gasteiger partial charge on any atom is -0.198 e. The number of nitrogens with zero attached hydrogens (tertiary/aromatic N) is 1. The third-order valence-corrected chi connectivity index (χ3v) is 2.65. The zero-order chi connectivity index (χ0) is 10.6. The lowest BCUT2D eigenvalue weighted by atomic mass is 9.94. The molecular formula is C13H17N. The van der Waals surface area contributed by atoms with Crippen LogP contribution in [0.15, 0.2) is 18.2 Å². The second kappa shape index (κ2) is 4.81. The molecule has 0 fully saturated rings. The van der Waals surface area contributed by atoms with Crippen LogP contribution in [-0.4, -0.2) is 0 Å². The first-order valence-electron chi connectivity index (χ1n) is 5.13. The van der Waals surface area contributed by atoms with Crippen molar-refractivity contribution in [2.24, 2.45) is 5.92 Å². The molecule has 74 valence electrons. The summed E-state index contributed by atoms with van der Waals surface area (Å²) in [4.78, 5) is 0. The summed E-state index contributed by atoms with van der Waals surface area (Å²) < 4.78 is 0. The van der Waals surface area contributed by atoms with Gasteiger partial charge in [0.15, 0.2) is 0 Å². The molecule has 0 radical (unpaired) electrons. The van der Waals surface area contributed by atoms with E-state index in [-0.39, 0.29) is 5.92 Å². The average Bonchev–Trinajstić information content (AvgIpc) is 2.19. The molecule has 1 nitrogen and oxygen atoms in total. The highest BCUT2D eigenvalue weighted by Crippen LogP contribution is 2.16. The SMILES string of the molecule is CCC(C#N)Cc1cc(C)ccc1C. The Balaban J connectivity index is 2.86. The van der Waals surface area contributed by atoms with Crippen molar-refractivity contribution in [2.75, 3.05) is 0 Å². The van der Waals surface area contributed by atoms with Gasteiger partial charge in [-0.05, 0) is 37.8 Å². The first-order valence-corrected chi connectivity index (χ1v) is 5.13. The van der Waals surface area contributed by atoms with Crippen LogP contribution in [0.1, 0.15) is 30.0 Å². The van der Waals surface area contributed by atoms with E-state index in [9.17, 15) is 0 Å². The van der Waals surface area contributed by atoms with E-state index in [2.05, 4.69) is 45.0 Å². The summed E-state index contributed by atoms with van der Waals surface area (Å²) in [5.74, 6) is 0.162. The van der Waals surface area contributed by atoms with E-state index in [1.54, 1.807) is 0 Å². The van der Waals surface area contributed by atoms with Gasteiger partial charge in [0.1, 0.15) is 0 Å². The Morgan fingerprint density at radius 3 is 2.64 bits per heavy atom. The zero-order valence-electron chi connectivity index (χ0n) is 9.17. The molecule has 0 saturated carbocycles. The van der Waals surface area contributed by atoms with Crippen LogP contribution < -0.4 is 0 Å². The van der Waals surface area contributed by atoms with Crippen molar-refractivity contribution in [3.63, 3.8) is 0 Å². The fourth-order valence-electron chi connectivity index (χ4n) is 1.57. The quantitative estimate of drug-likeness (QED) is 0.711. The van der Waals surface area contributed by atoms with E-state index in [0.29, 0.717) is 0 Å². The van der Waals surface area contributed by atoms with Gasteiger partial charge in [-0.3, -0.25) is 0 Å². The summed E-state index contributed by atoms with van der Waals surface area (Å²) >= 11 is 0. The Bertz CT molecular complexity index is 347. The molecule has 0 aliphatic rings.